The van der Waals surface area contributed by atoms with Crippen molar-refractivity contribution in [2.45, 2.75) is 158 Å². The number of carbonyl (C=O) groups is 3. The molecule has 13 nitrogen and oxygen atoms in total. The largest absolute Gasteiger partial charge is 0.469 e. The minimum absolute atomic E-state index is 0.0457. The molecule has 0 aromatic carbocycles. The summed E-state index contributed by atoms with van der Waals surface area (Å²) < 4.78 is 33.5. The average molecular weight is 859 g/mol. The third-order valence-electron chi connectivity index (χ3n) is 20.2. The molecule has 3 spiro atoms. The SMILES string of the molecule is CC1(C)OC2C3(CCCC3)C(=O)OCC23C1C(=O)C(O)C1(C2CCCC2)C3CCC2(C)C(c3ccoc3CC(C(O)CO)C3CCC4C(C=CN5CNCC45)C3)OC(=O)C3OC321. The number of ketones is 1. The Morgan fingerprint density at radius 2 is 1.76 bits per heavy atom. The first-order valence-corrected chi connectivity index (χ1v) is 24.3. The molecule has 62 heavy (non-hydrogen) atoms. The van der Waals surface area contributed by atoms with Crippen molar-refractivity contribution in [3.05, 3.63) is 35.9 Å². The summed E-state index contributed by atoms with van der Waals surface area (Å²) in [6.07, 6.45) is 12.4. The van der Waals surface area contributed by atoms with Gasteiger partial charge in [-0.3, -0.25) is 14.9 Å². The predicted molar refractivity (Wildman–Crippen MR) is 220 cm³/mol. The molecule has 13 heteroatoms. The predicted octanol–water partition coefficient (Wildman–Crippen LogP) is 4.75. The number of carbonyl (C=O) groups excluding carboxylic acids is 3. The molecule has 4 N–H and O–H groups in total. The molecule has 0 bridgehead atoms. The van der Waals surface area contributed by atoms with Crippen molar-refractivity contribution in [1.29, 1.82) is 0 Å². The van der Waals surface area contributed by atoms with Crippen molar-refractivity contribution in [3.63, 3.8) is 0 Å². The molecule has 11 aliphatic rings. The maximum atomic E-state index is 15.6. The third-order valence-corrected chi connectivity index (χ3v) is 20.2. The number of allylic oxidation sites excluding steroid dienone is 1. The van der Waals surface area contributed by atoms with Gasteiger partial charge in [-0.05, 0) is 119 Å². The summed E-state index contributed by atoms with van der Waals surface area (Å²) >= 11 is 0. The van der Waals surface area contributed by atoms with Crippen molar-refractivity contribution >= 4 is 17.7 Å². The first kappa shape index (κ1) is 40.7. The Bertz CT molecular complexity index is 2060. The Hall–Kier alpha value is -2.81. The van der Waals surface area contributed by atoms with Gasteiger partial charge in [-0.1, -0.05) is 38.7 Å². The molecule has 16 atom stereocenters. The van der Waals surface area contributed by atoms with Crippen molar-refractivity contribution in [1.82, 2.24) is 10.2 Å². The number of hydrogen-bond acceptors (Lipinski definition) is 13. The number of nitrogens with zero attached hydrogens (tertiary/aromatic N) is 1. The highest BCUT2D eigenvalue weighted by molar-refractivity contribution is 5.93. The van der Waals surface area contributed by atoms with Gasteiger partial charge < -0.3 is 43.6 Å². The molecule has 338 valence electrons. The first-order valence-electron chi connectivity index (χ1n) is 24.3. The summed E-state index contributed by atoms with van der Waals surface area (Å²) in [6.45, 7) is 7.58. The lowest BCUT2D eigenvalue weighted by molar-refractivity contribution is -0.282. The van der Waals surface area contributed by atoms with Crippen LogP contribution in [-0.4, -0.2) is 106 Å². The van der Waals surface area contributed by atoms with Gasteiger partial charge in [-0.2, -0.15) is 0 Å². The maximum Gasteiger partial charge on any atom is 0.339 e. The second-order valence-electron chi connectivity index (χ2n) is 22.7. The Kier molecular flexibility index (Phi) is 8.94. The zero-order chi connectivity index (χ0) is 42.8. The second-order valence-corrected chi connectivity index (χ2v) is 22.7. The quantitative estimate of drug-likeness (QED) is 0.218. The molecule has 16 unspecified atom stereocenters. The number of epoxide rings is 1. The fourth-order valence-electron chi connectivity index (χ4n) is 18.0. The van der Waals surface area contributed by atoms with E-state index in [4.69, 9.17) is 23.4 Å². The number of cyclic esters (lactones) is 2. The van der Waals surface area contributed by atoms with Crippen LogP contribution < -0.4 is 5.32 Å². The summed E-state index contributed by atoms with van der Waals surface area (Å²) in [5.74, 6) is -0.761. The van der Waals surface area contributed by atoms with Crippen LogP contribution in [0.4, 0.5) is 0 Å². The molecule has 1 aromatic rings. The summed E-state index contributed by atoms with van der Waals surface area (Å²) in [7, 11) is 0. The lowest BCUT2D eigenvalue weighted by Gasteiger charge is -2.70. The Morgan fingerprint density at radius 3 is 2.53 bits per heavy atom. The molecule has 12 rings (SSSR count). The number of aliphatic hydroxyl groups excluding tert-OH is 3. The molecule has 5 saturated carbocycles. The minimum atomic E-state index is -1.43. The molecule has 5 aliphatic carbocycles. The van der Waals surface area contributed by atoms with Crippen LogP contribution >= 0.6 is 0 Å². The van der Waals surface area contributed by atoms with Crippen LogP contribution in [0.25, 0.3) is 0 Å². The van der Waals surface area contributed by atoms with E-state index in [9.17, 15) is 24.9 Å². The van der Waals surface area contributed by atoms with Gasteiger partial charge in [0.1, 0.15) is 30.2 Å². The van der Waals surface area contributed by atoms with Crippen molar-refractivity contribution < 1.29 is 53.1 Å². The number of Topliss-reactive ketones (excluding diaryl/α,β-unsaturated/α-hetero) is 1. The number of aliphatic hydroxyl groups is 3. The third kappa shape index (κ3) is 4.84. The average Bonchev–Trinajstić information content (AvgIpc) is 3.94. The van der Waals surface area contributed by atoms with Gasteiger partial charge in [0.2, 0.25) is 0 Å². The van der Waals surface area contributed by atoms with Crippen LogP contribution in [0.15, 0.2) is 29.0 Å². The Labute approximate surface area is 364 Å². The highest BCUT2D eigenvalue weighted by atomic mass is 16.7. The zero-order valence-corrected chi connectivity index (χ0v) is 36.6. The zero-order valence-electron chi connectivity index (χ0n) is 36.6. The van der Waals surface area contributed by atoms with Gasteiger partial charge in [-0.25, -0.2) is 4.79 Å². The van der Waals surface area contributed by atoms with E-state index in [0.717, 1.165) is 76.6 Å². The highest BCUT2D eigenvalue weighted by Gasteiger charge is 2.93. The Morgan fingerprint density at radius 1 is 0.968 bits per heavy atom. The van der Waals surface area contributed by atoms with Gasteiger partial charge in [-0.15, -0.1) is 0 Å². The lowest BCUT2D eigenvalue weighted by atomic mass is 9.32. The van der Waals surface area contributed by atoms with Crippen LogP contribution in [-0.2, 0) is 39.8 Å². The topological polar surface area (TPSA) is 181 Å². The van der Waals surface area contributed by atoms with E-state index in [2.05, 4.69) is 29.4 Å². The number of esters is 2. The molecule has 5 saturated heterocycles. The van der Waals surface area contributed by atoms with E-state index in [1.54, 1.807) is 6.26 Å². The van der Waals surface area contributed by atoms with E-state index in [-0.39, 0.29) is 48.6 Å². The van der Waals surface area contributed by atoms with Gasteiger partial charge in [0, 0.05) is 40.8 Å². The number of nitrogens with one attached hydrogen (secondary N) is 1. The van der Waals surface area contributed by atoms with Crippen molar-refractivity contribution in [3.8, 4) is 0 Å². The van der Waals surface area contributed by atoms with E-state index < -0.39 is 75.3 Å². The van der Waals surface area contributed by atoms with E-state index in [0.29, 0.717) is 55.7 Å². The van der Waals surface area contributed by atoms with Crippen LogP contribution in [0.5, 0.6) is 0 Å². The molecule has 10 fully saturated rings. The standard InChI is InChI=1S/C49H66N2O11/c1-44(2)37-36(54)38(55)48(28-8-4-5-9-28)35(47(37)24-59-43(57)46(42(47)62-44)15-6-7-16-46)12-17-45(3)39(60-41(56)40-49(45,48)61-40)30-14-19-58-34(30)21-31(33(53)23-52)26-10-11-29-27(20-26)13-18-51-25-50-22-32(29)51/h13-14,18-19,26-29,31-33,35,37-40,42,50,52-53,55H,4-12,15-17,20-25H2,1-3H3. The molecule has 1 aromatic heterocycles. The summed E-state index contributed by atoms with van der Waals surface area (Å²) in [4.78, 5) is 46.7. The fourth-order valence-corrected chi connectivity index (χ4v) is 18.0. The summed E-state index contributed by atoms with van der Waals surface area (Å²) in [6, 6.07) is 2.37. The summed E-state index contributed by atoms with van der Waals surface area (Å²) in [5.41, 5.74) is -5.31. The maximum absolute atomic E-state index is 15.6. The minimum Gasteiger partial charge on any atom is -0.469 e. The number of fused-ring (bicyclic) bond motifs is 5. The molecular formula is C49H66N2O11. The van der Waals surface area contributed by atoms with Gasteiger partial charge in [0.25, 0.3) is 0 Å². The van der Waals surface area contributed by atoms with Gasteiger partial charge >= 0.3 is 11.9 Å². The van der Waals surface area contributed by atoms with Crippen molar-refractivity contribution in [2.24, 2.45) is 63.1 Å². The van der Waals surface area contributed by atoms with E-state index >= 15 is 4.79 Å². The number of hydrogen-bond donors (Lipinski definition) is 4. The lowest BCUT2D eigenvalue weighted by Crippen LogP contribution is -2.79. The highest BCUT2D eigenvalue weighted by Crippen LogP contribution is 2.83. The second kappa shape index (κ2) is 13.6. The van der Waals surface area contributed by atoms with Crippen LogP contribution in [0.2, 0.25) is 0 Å². The number of furan rings is 1. The number of ether oxygens (including phenoxy) is 4. The normalized spacial score (nSPS) is 48.0. The smallest absolute Gasteiger partial charge is 0.339 e. The fraction of sp³-hybridized carbons (Fsp3) is 0.816. The van der Waals surface area contributed by atoms with Gasteiger partial charge in [0.15, 0.2) is 11.9 Å². The van der Waals surface area contributed by atoms with Crippen LogP contribution in [0, 0.1) is 63.1 Å². The molecule has 0 amide bonds. The van der Waals surface area contributed by atoms with E-state index in [1.807, 2.05) is 19.9 Å². The molecular weight excluding hydrogens is 793 g/mol. The Balaban J connectivity index is 0.944. The monoisotopic (exact) mass is 858 g/mol. The molecule has 7 heterocycles. The molecule has 0 radical (unpaired) electrons. The summed E-state index contributed by atoms with van der Waals surface area (Å²) in [5, 5.41) is 38.8. The van der Waals surface area contributed by atoms with Gasteiger partial charge in [0.05, 0.1) is 48.7 Å². The number of rotatable bonds is 7. The van der Waals surface area contributed by atoms with E-state index in [1.165, 1.54) is 0 Å². The van der Waals surface area contributed by atoms with Crippen LogP contribution in [0.1, 0.15) is 122 Å². The van der Waals surface area contributed by atoms with Crippen LogP contribution in [0.3, 0.4) is 0 Å². The first-order chi connectivity index (χ1) is 29.8. The van der Waals surface area contributed by atoms with Crippen molar-refractivity contribution in [2.75, 3.05) is 26.4 Å². The molecule has 6 aliphatic heterocycles.